The van der Waals surface area contributed by atoms with Crippen LogP contribution in [0.15, 0.2) is 18.3 Å². The number of piperidine rings is 1. The summed E-state index contributed by atoms with van der Waals surface area (Å²) in [7, 11) is 0. The van der Waals surface area contributed by atoms with Gasteiger partial charge in [-0.1, -0.05) is 13.3 Å². The number of nitrogens with zero attached hydrogens (tertiary/aromatic N) is 3. The summed E-state index contributed by atoms with van der Waals surface area (Å²) in [5, 5.41) is 20.5. The number of carbonyl (C=O) groups is 1. The molecule has 2 rings (SSSR count). The Morgan fingerprint density at radius 2 is 2.19 bits per heavy atom. The number of aliphatic carboxylic acids is 1. The van der Waals surface area contributed by atoms with Crippen LogP contribution in [0.2, 0.25) is 0 Å². The number of aromatic nitrogens is 1. The zero-order valence-corrected chi connectivity index (χ0v) is 12.0. The smallest absolute Gasteiger partial charge is 0.311 e. The fourth-order valence-corrected chi connectivity index (χ4v) is 2.97. The molecule has 1 saturated heterocycles. The minimum absolute atomic E-state index is 0.0317. The van der Waals surface area contributed by atoms with Gasteiger partial charge >= 0.3 is 11.7 Å². The summed E-state index contributed by atoms with van der Waals surface area (Å²) in [4.78, 5) is 28.1. The van der Waals surface area contributed by atoms with Crippen molar-refractivity contribution in [3.05, 3.63) is 28.4 Å². The highest BCUT2D eigenvalue weighted by molar-refractivity contribution is 5.75. The van der Waals surface area contributed by atoms with Gasteiger partial charge in [0.2, 0.25) is 5.82 Å². The van der Waals surface area contributed by atoms with Crippen LogP contribution < -0.4 is 4.90 Å². The Labute approximate surface area is 122 Å². The van der Waals surface area contributed by atoms with Crippen molar-refractivity contribution in [2.75, 3.05) is 18.0 Å². The van der Waals surface area contributed by atoms with E-state index in [-0.39, 0.29) is 5.69 Å². The summed E-state index contributed by atoms with van der Waals surface area (Å²) in [6.07, 6.45) is 3.96. The van der Waals surface area contributed by atoms with Crippen molar-refractivity contribution in [3.63, 3.8) is 0 Å². The number of pyridine rings is 1. The summed E-state index contributed by atoms with van der Waals surface area (Å²) >= 11 is 0. The van der Waals surface area contributed by atoms with E-state index in [9.17, 15) is 20.0 Å². The van der Waals surface area contributed by atoms with E-state index in [1.807, 2.05) is 11.8 Å². The molecule has 1 aromatic rings. The second-order valence-corrected chi connectivity index (χ2v) is 5.43. The standard InChI is InChI=1S/C14H19N3O4/c1-2-5-14(13(18)19)6-9-16(10-7-14)12-11(17(20)21)4-3-8-15-12/h3-4,8H,2,5-7,9-10H2,1H3,(H,18,19). The highest BCUT2D eigenvalue weighted by Gasteiger charge is 2.41. The van der Waals surface area contributed by atoms with Gasteiger partial charge in [0, 0.05) is 25.4 Å². The summed E-state index contributed by atoms with van der Waals surface area (Å²) < 4.78 is 0. The SMILES string of the molecule is CCCC1(C(=O)O)CCN(c2ncccc2[N+](=O)[O-])CC1. The Hall–Kier alpha value is -2.18. The molecule has 0 spiro atoms. The molecule has 1 aliphatic heterocycles. The molecule has 1 fully saturated rings. The minimum Gasteiger partial charge on any atom is -0.481 e. The molecule has 1 aliphatic rings. The van der Waals surface area contributed by atoms with Gasteiger partial charge in [0.05, 0.1) is 10.3 Å². The molecule has 0 bridgehead atoms. The molecule has 7 nitrogen and oxygen atoms in total. The van der Waals surface area contributed by atoms with Gasteiger partial charge in [-0.05, 0) is 25.3 Å². The molecule has 0 aromatic carbocycles. The van der Waals surface area contributed by atoms with Gasteiger partial charge in [0.15, 0.2) is 0 Å². The predicted octanol–water partition coefficient (Wildman–Crippen LogP) is 2.46. The number of hydrogen-bond acceptors (Lipinski definition) is 5. The monoisotopic (exact) mass is 293 g/mol. The van der Waals surface area contributed by atoms with Gasteiger partial charge in [-0.3, -0.25) is 14.9 Å². The third-order valence-corrected chi connectivity index (χ3v) is 4.17. The molecule has 0 aliphatic carbocycles. The van der Waals surface area contributed by atoms with Gasteiger partial charge < -0.3 is 10.0 Å². The van der Waals surface area contributed by atoms with Crippen LogP contribution >= 0.6 is 0 Å². The maximum Gasteiger partial charge on any atom is 0.311 e. The Bertz CT molecular complexity index is 539. The molecule has 0 unspecified atom stereocenters. The number of rotatable bonds is 5. The molecule has 0 amide bonds. The van der Waals surface area contributed by atoms with Crippen LogP contribution in [0, 0.1) is 15.5 Å². The molecule has 114 valence electrons. The second kappa shape index (κ2) is 6.07. The predicted molar refractivity (Wildman–Crippen MR) is 77.3 cm³/mol. The summed E-state index contributed by atoms with van der Waals surface area (Å²) in [6, 6.07) is 2.96. The molecule has 1 aromatic heterocycles. The van der Waals surface area contributed by atoms with Gasteiger partial charge in [0.1, 0.15) is 0 Å². The third kappa shape index (κ3) is 2.96. The molecule has 0 radical (unpaired) electrons. The van der Waals surface area contributed by atoms with E-state index in [0.717, 1.165) is 6.42 Å². The van der Waals surface area contributed by atoms with E-state index in [4.69, 9.17) is 0 Å². The van der Waals surface area contributed by atoms with Crippen molar-refractivity contribution in [3.8, 4) is 0 Å². The first-order chi connectivity index (χ1) is 10.00. The zero-order valence-electron chi connectivity index (χ0n) is 12.0. The maximum absolute atomic E-state index is 11.5. The molecule has 0 saturated carbocycles. The molecular weight excluding hydrogens is 274 g/mol. The van der Waals surface area contributed by atoms with E-state index in [0.29, 0.717) is 38.2 Å². The van der Waals surface area contributed by atoms with Crippen LogP contribution in [0.25, 0.3) is 0 Å². The van der Waals surface area contributed by atoms with Crippen LogP contribution in [-0.2, 0) is 4.79 Å². The van der Waals surface area contributed by atoms with Gasteiger partial charge in [-0.15, -0.1) is 0 Å². The van der Waals surface area contributed by atoms with Crippen LogP contribution in [0.1, 0.15) is 32.6 Å². The average Bonchev–Trinajstić information content (AvgIpc) is 2.48. The van der Waals surface area contributed by atoms with Crippen molar-refractivity contribution in [2.45, 2.75) is 32.6 Å². The lowest BCUT2D eigenvalue weighted by Crippen LogP contribution is -2.44. The van der Waals surface area contributed by atoms with Crippen molar-refractivity contribution in [2.24, 2.45) is 5.41 Å². The van der Waals surface area contributed by atoms with Crippen LogP contribution in [-0.4, -0.2) is 34.1 Å². The topological polar surface area (TPSA) is 96.6 Å². The van der Waals surface area contributed by atoms with E-state index in [2.05, 4.69) is 4.98 Å². The minimum atomic E-state index is -0.764. The molecule has 21 heavy (non-hydrogen) atoms. The van der Waals surface area contributed by atoms with Crippen molar-refractivity contribution >= 4 is 17.5 Å². The lowest BCUT2D eigenvalue weighted by molar-refractivity contribution is -0.384. The first-order valence-electron chi connectivity index (χ1n) is 7.08. The molecule has 1 N–H and O–H groups in total. The van der Waals surface area contributed by atoms with Gasteiger partial charge in [-0.2, -0.15) is 0 Å². The summed E-state index contributed by atoms with van der Waals surface area (Å²) in [5.41, 5.74) is -0.731. The average molecular weight is 293 g/mol. The van der Waals surface area contributed by atoms with Crippen LogP contribution in [0.3, 0.4) is 0 Å². The lowest BCUT2D eigenvalue weighted by Gasteiger charge is -2.39. The zero-order chi connectivity index (χ0) is 15.5. The van der Waals surface area contributed by atoms with Crippen molar-refractivity contribution in [1.29, 1.82) is 0 Å². The Morgan fingerprint density at radius 3 is 2.71 bits per heavy atom. The summed E-state index contributed by atoms with van der Waals surface area (Å²) in [6.45, 7) is 2.93. The van der Waals surface area contributed by atoms with E-state index < -0.39 is 16.3 Å². The first kappa shape index (κ1) is 15.2. The van der Waals surface area contributed by atoms with Crippen molar-refractivity contribution in [1.82, 2.24) is 4.98 Å². The Balaban J connectivity index is 2.18. The highest BCUT2D eigenvalue weighted by Crippen LogP contribution is 2.39. The number of nitro groups is 1. The van der Waals surface area contributed by atoms with Crippen molar-refractivity contribution < 1.29 is 14.8 Å². The highest BCUT2D eigenvalue weighted by atomic mass is 16.6. The first-order valence-corrected chi connectivity index (χ1v) is 7.08. The summed E-state index contributed by atoms with van der Waals surface area (Å²) in [5.74, 6) is -0.433. The number of anilines is 1. The van der Waals surface area contributed by atoms with E-state index >= 15 is 0 Å². The second-order valence-electron chi connectivity index (χ2n) is 5.43. The number of carboxylic acid groups (broad SMARTS) is 1. The Kier molecular flexibility index (Phi) is 4.40. The maximum atomic E-state index is 11.5. The van der Waals surface area contributed by atoms with Gasteiger partial charge in [0.25, 0.3) is 0 Å². The fraction of sp³-hybridized carbons (Fsp3) is 0.571. The Morgan fingerprint density at radius 1 is 1.52 bits per heavy atom. The fourth-order valence-electron chi connectivity index (χ4n) is 2.97. The molecular formula is C14H19N3O4. The molecule has 0 atom stereocenters. The normalized spacial score (nSPS) is 17.5. The van der Waals surface area contributed by atoms with Crippen LogP contribution in [0.5, 0.6) is 0 Å². The number of carboxylic acids is 1. The van der Waals surface area contributed by atoms with Crippen LogP contribution in [0.4, 0.5) is 11.5 Å². The lowest BCUT2D eigenvalue weighted by atomic mass is 9.75. The van der Waals surface area contributed by atoms with Gasteiger partial charge in [-0.25, -0.2) is 4.98 Å². The van der Waals surface area contributed by atoms with E-state index in [1.165, 1.54) is 18.3 Å². The molecule has 2 heterocycles. The largest absolute Gasteiger partial charge is 0.481 e. The number of hydrogen-bond donors (Lipinski definition) is 1. The molecule has 7 heteroatoms. The quantitative estimate of drug-likeness (QED) is 0.661. The third-order valence-electron chi connectivity index (χ3n) is 4.17. The van der Waals surface area contributed by atoms with E-state index in [1.54, 1.807) is 0 Å².